The Bertz CT molecular complexity index is 775. The maximum absolute atomic E-state index is 12.1. The van der Waals surface area contributed by atoms with Gasteiger partial charge in [0.05, 0.1) is 17.9 Å². The summed E-state index contributed by atoms with van der Waals surface area (Å²) < 4.78 is 5.03. The number of hydrogen-bond donors (Lipinski definition) is 3. The molecule has 5 heteroatoms. The summed E-state index contributed by atoms with van der Waals surface area (Å²) >= 11 is 0. The third-order valence-electron chi connectivity index (χ3n) is 9.33. The molecule has 3 N–H and O–H groups in total. The summed E-state index contributed by atoms with van der Waals surface area (Å²) in [6.45, 7) is 4.41. The molecule has 5 nitrogen and oxygen atoms in total. The average molecular weight is 373 g/mol. The lowest BCUT2D eigenvalue weighted by Gasteiger charge is -2.62. The zero-order valence-corrected chi connectivity index (χ0v) is 16.3. The lowest BCUT2D eigenvalue weighted by atomic mass is 9.44. The van der Waals surface area contributed by atoms with E-state index in [1.165, 1.54) is 11.8 Å². The van der Waals surface area contributed by atoms with E-state index < -0.39 is 16.6 Å². The Morgan fingerprint density at radius 2 is 1.85 bits per heavy atom. The highest BCUT2D eigenvalue weighted by Crippen LogP contribution is 2.71. The average Bonchev–Trinajstić information content (AvgIpc) is 3.24. The largest absolute Gasteiger partial charge is 0.389 e. The minimum atomic E-state index is -1.09. The smallest absolute Gasteiger partial charge is 0.129 e. The Morgan fingerprint density at radius 1 is 1.04 bits per heavy atom. The molecule has 5 rings (SSSR count). The van der Waals surface area contributed by atoms with Gasteiger partial charge >= 0.3 is 0 Å². The molecule has 7 atom stereocenters. The van der Waals surface area contributed by atoms with Crippen LogP contribution in [-0.4, -0.2) is 32.2 Å². The second-order valence-corrected chi connectivity index (χ2v) is 10.0. The maximum Gasteiger partial charge on any atom is 0.129 e. The Labute approximate surface area is 160 Å². The van der Waals surface area contributed by atoms with E-state index in [0.717, 1.165) is 38.5 Å². The van der Waals surface area contributed by atoms with Crippen LogP contribution in [0.1, 0.15) is 70.8 Å². The van der Waals surface area contributed by atoms with Crippen LogP contribution in [0.4, 0.5) is 0 Å². The van der Waals surface area contributed by atoms with Crippen molar-refractivity contribution >= 4 is 0 Å². The molecule has 0 saturated heterocycles. The number of aliphatic hydroxyl groups is 3. The van der Waals surface area contributed by atoms with Crippen LogP contribution in [0.5, 0.6) is 0 Å². The zero-order chi connectivity index (χ0) is 19.1. The molecular weight excluding hydrogens is 342 g/mol. The van der Waals surface area contributed by atoms with E-state index in [-0.39, 0.29) is 17.4 Å². The Kier molecular flexibility index (Phi) is 3.62. The number of rotatable bonds is 1. The summed E-state index contributed by atoms with van der Waals surface area (Å²) in [4.78, 5) is 0. The number of fused-ring (bicyclic) bond motifs is 5. The molecule has 4 aliphatic rings. The van der Waals surface area contributed by atoms with E-state index in [0.29, 0.717) is 24.3 Å². The highest BCUT2D eigenvalue weighted by molar-refractivity contribution is 5.32. The van der Waals surface area contributed by atoms with Crippen molar-refractivity contribution < 1.29 is 19.8 Å². The van der Waals surface area contributed by atoms with E-state index in [2.05, 4.69) is 25.1 Å². The van der Waals surface area contributed by atoms with Gasteiger partial charge in [0.15, 0.2) is 0 Å². The fourth-order valence-electron chi connectivity index (χ4n) is 7.57. The van der Waals surface area contributed by atoms with Crippen molar-refractivity contribution in [2.75, 3.05) is 0 Å². The maximum atomic E-state index is 12.1. The molecule has 3 saturated carbocycles. The molecule has 27 heavy (non-hydrogen) atoms. The van der Waals surface area contributed by atoms with E-state index in [1.54, 1.807) is 6.20 Å². The third-order valence-corrected chi connectivity index (χ3v) is 9.33. The van der Waals surface area contributed by atoms with Crippen molar-refractivity contribution in [3.05, 3.63) is 29.7 Å². The summed E-state index contributed by atoms with van der Waals surface area (Å²) in [5.41, 5.74) is -0.418. The molecule has 1 aromatic heterocycles. The van der Waals surface area contributed by atoms with Gasteiger partial charge in [-0.05, 0) is 68.6 Å². The standard InChI is InChI=1S/C22H31NO4/c1-19-7-5-16(24)11-14(19)3-4-18-17(19)6-8-20(2)21(25,9-10-22(18,20)26)15-12-23-27-13-15/h11-13,16-18,24-26H,3-10H2,1-2H3/t16?,17-,18-,19+,20-,21?,22-/m1/s1. The van der Waals surface area contributed by atoms with Crippen LogP contribution in [0.15, 0.2) is 28.6 Å². The number of aliphatic hydroxyl groups excluding tert-OH is 1. The van der Waals surface area contributed by atoms with Crippen LogP contribution in [0.2, 0.25) is 0 Å². The predicted molar refractivity (Wildman–Crippen MR) is 99.6 cm³/mol. The molecule has 0 bridgehead atoms. The van der Waals surface area contributed by atoms with Gasteiger partial charge in [0.25, 0.3) is 0 Å². The molecule has 148 valence electrons. The first kappa shape index (κ1) is 17.9. The minimum Gasteiger partial charge on any atom is -0.389 e. The number of nitrogens with zero attached hydrogens (tertiary/aromatic N) is 1. The minimum absolute atomic E-state index is 0.0666. The quantitative estimate of drug-likeness (QED) is 0.658. The van der Waals surface area contributed by atoms with Gasteiger partial charge in [-0.1, -0.05) is 30.7 Å². The van der Waals surface area contributed by atoms with Crippen molar-refractivity contribution in [1.82, 2.24) is 5.16 Å². The van der Waals surface area contributed by atoms with Crippen LogP contribution in [0, 0.1) is 22.7 Å². The molecule has 0 spiro atoms. The van der Waals surface area contributed by atoms with Crippen LogP contribution >= 0.6 is 0 Å². The first-order valence-corrected chi connectivity index (χ1v) is 10.5. The molecule has 4 aliphatic carbocycles. The fourth-order valence-corrected chi connectivity index (χ4v) is 7.57. The first-order chi connectivity index (χ1) is 12.7. The van der Waals surface area contributed by atoms with Crippen molar-refractivity contribution in [3.63, 3.8) is 0 Å². The fraction of sp³-hybridized carbons (Fsp3) is 0.773. The van der Waals surface area contributed by atoms with Crippen LogP contribution in [0.25, 0.3) is 0 Å². The van der Waals surface area contributed by atoms with Gasteiger partial charge in [-0.25, -0.2) is 0 Å². The van der Waals surface area contributed by atoms with Gasteiger partial charge in [0.2, 0.25) is 0 Å². The van der Waals surface area contributed by atoms with Crippen LogP contribution in [0.3, 0.4) is 0 Å². The normalized spacial score (nSPS) is 51.9. The summed E-state index contributed by atoms with van der Waals surface area (Å²) in [5.74, 6) is 0.593. The second kappa shape index (κ2) is 5.46. The first-order valence-electron chi connectivity index (χ1n) is 10.5. The van der Waals surface area contributed by atoms with Gasteiger partial charge in [0.1, 0.15) is 11.9 Å². The summed E-state index contributed by atoms with van der Waals surface area (Å²) in [6, 6.07) is 0. The van der Waals surface area contributed by atoms with Gasteiger partial charge in [-0.2, -0.15) is 0 Å². The molecule has 0 aromatic carbocycles. The molecule has 0 radical (unpaired) electrons. The zero-order valence-electron chi connectivity index (χ0n) is 16.3. The van der Waals surface area contributed by atoms with E-state index >= 15 is 0 Å². The van der Waals surface area contributed by atoms with E-state index in [4.69, 9.17) is 4.52 Å². The van der Waals surface area contributed by atoms with Crippen LogP contribution in [-0.2, 0) is 5.60 Å². The number of allylic oxidation sites excluding steroid dienone is 1. The van der Waals surface area contributed by atoms with Crippen molar-refractivity contribution in [2.24, 2.45) is 22.7 Å². The lowest BCUT2D eigenvalue weighted by molar-refractivity contribution is -0.221. The summed E-state index contributed by atoms with van der Waals surface area (Å²) in [6.07, 6.45) is 11.5. The third kappa shape index (κ3) is 2.03. The van der Waals surface area contributed by atoms with E-state index in [9.17, 15) is 15.3 Å². The Morgan fingerprint density at radius 3 is 2.59 bits per heavy atom. The summed E-state index contributed by atoms with van der Waals surface area (Å²) in [5, 5.41) is 37.7. The summed E-state index contributed by atoms with van der Waals surface area (Å²) in [7, 11) is 0. The van der Waals surface area contributed by atoms with Gasteiger partial charge < -0.3 is 19.8 Å². The monoisotopic (exact) mass is 373 g/mol. The van der Waals surface area contributed by atoms with Crippen molar-refractivity contribution in [3.8, 4) is 0 Å². The van der Waals surface area contributed by atoms with Gasteiger partial charge in [0, 0.05) is 11.0 Å². The van der Waals surface area contributed by atoms with Crippen LogP contribution < -0.4 is 0 Å². The molecule has 0 aliphatic heterocycles. The second-order valence-electron chi connectivity index (χ2n) is 10.0. The Hall–Kier alpha value is -1.17. The molecule has 1 heterocycles. The highest BCUT2D eigenvalue weighted by Gasteiger charge is 2.71. The topological polar surface area (TPSA) is 86.7 Å². The molecular formula is C22H31NO4. The highest BCUT2D eigenvalue weighted by atomic mass is 16.5. The molecule has 0 amide bonds. The number of aromatic nitrogens is 1. The molecule has 1 aromatic rings. The van der Waals surface area contributed by atoms with Gasteiger partial charge in [-0.3, -0.25) is 0 Å². The van der Waals surface area contributed by atoms with Gasteiger partial charge in [-0.15, -0.1) is 0 Å². The predicted octanol–water partition coefficient (Wildman–Crippen LogP) is 3.30. The molecule has 3 fully saturated rings. The number of hydrogen-bond acceptors (Lipinski definition) is 5. The van der Waals surface area contributed by atoms with Crippen molar-refractivity contribution in [2.45, 2.75) is 82.5 Å². The van der Waals surface area contributed by atoms with Crippen molar-refractivity contribution in [1.29, 1.82) is 0 Å². The van der Waals surface area contributed by atoms with E-state index in [1.807, 2.05) is 0 Å². The lowest BCUT2D eigenvalue weighted by Crippen LogP contribution is -2.63. The Balaban J connectivity index is 1.56. The molecule has 2 unspecified atom stereocenters. The SMILES string of the molecule is C[C@]12CCC(O)C=C1CC[C@@H]1[C@H]2CC[C@]2(C)C(O)(c3cnoc3)CC[C@@]12O.